The molecule has 0 unspecified atom stereocenters. The molecule has 0 aliphatic heterocycles. The normalized spacial score (nSPS) is 11.1. The number of anilines is 1. The van der Waals surface area contributed by atoms with E-state index in [9.17, 15) is 13.2 Å². The molecule has 0 spiro atoms. The summed E-state index contributed by atoms with van der Waals surface area (Å²) >= 11 is 0. The molecule has 0 bridgehead atoms. The lowest BCUT2D eigenvalue weighted by Crippen LogP contribution is -2.41. The van der Waals surface area contributed by atoms with Crippen LogP contribution < -0.4 is 14.4 Å². The Kier molecular flexibility index (Phi) is 7.24. The quantitative estimate of drug-likeness (QED) is 0.714. The van der Waals surface area contributed by atoms with Gasteiger partial charge in [-0.25, -0.2) is 8.42 Å². The lowest BCUT2D eigenvalue weighted by Gasteiger charge is -2.24. The molecule has 0 aliphatic carbocycles. The molecule has 2 aromatic carbocycles. The van der Waals surface area contributed by atoms with Gasteiger partial charge in [0.15, 0.2) is 0 Å². The molecule has 27 heavy (non-hydrogen) atoms. The van der Waals surface area contributed by atoms with Crippen molar-refractivity contribution in [1.29, 1.82) is 0 Å². The standard InChI is InChI=1S/C20H26N2O4S/c1-4-14-21-20(23)15-22(17-8-10-18(11-9-17)26-5-2)27(24,25)19-12-6-16(3)7-13-19/h6-13H,4-5,14-15H2,1-3H3,(H,21,23). The zero-order chi connectivity index (χ0) is 19.9. The summed E-state index contributed by atoms with van der Waals surface area (Å²) in [7, 11) is -3.88. The Hall–Kier alpha value is -2.54. The van der Waals surface area contributed by atoms with E-state index in [1.807, 2.05) is 20.8 Å². The van der Waals surface area contributed by atoms with Crippen molar-refractivity contribution in [3.8, 4) is 5.75 Å². The molecule has 6 nitrogen and oxygen atoms in total. The molecule has 1 N–H and O–H groups in total. The highest BCUT2D eigenvalue weighted by molar-refractivity contribution is 7.92. The van der Waals surface area contributed by atoms with Crippen molar-refractivity contribution in [3.63, 3.8) is 0 Å². The van der Waals surface area contributed by atoms with Gasteiger partial charge in [-0.1, -0.05) is 24.6 Å². The van der Waals surface area contributed by atoms with Gasteiger partial charge in [-0.3, -0.25) is 9.10 Å². The molecule has 1 amide bonds. The molecule has 0 fully saturated rings. The Morgan fingerprint density at radius 3 is 2.22 bits per heavy atom. The first-order valence-electron chi connectivity index (χ1n) is 8.97. The number of benzene rings is 2. The van der Waals surface area contributed by atoms with Gasteiger partial charge in [-0.05, 0) is 56.7 Å². The van der Waals surface area contributed by atoms with E-state index in [4.69, 9.17) is 4.74 Å². The fraction of sp³-hybridized carbons (Fsp3) is 0.350. The molecular weight excluding hydrogens is 364 g/mol. The van der Waals surface area contributed by atoms with Crippen LogP contribution in [0.4, 0.5) is 5.69 Å². The second-order valence-corrected chi connectivity index (χ2v) is 7.96. The number of sulfonamides is 1. The minimum absolute atomic E-state index is 0.144. The molecule has 0 heterocycles. The zero-order valence-electron chi connectivity index (χ0n) is 15.9. The first kappa shape index (κ1) is 20.8. The van der Waals surface area contributed by atoms with Gasteiger partial charge in [-0.15, -0.1) is 0 Å². The highest BCUT2D eigenvalue weighted by Crippen LogP contribution is 2.26. The summed E-state index contributed by atoms with van der Waals surface area (Å²) in [4.78, 5) is 12.4. The van der Waals surface area contributed by atoms with Crippen molar-refractivity contribution in [2.75, 3.05) is 24.0 Å². The van der Waals surface area contributed by atoms with Crippen LogP contribution in [0.2, 0.25) is 0 Å². The van der Waals surface area contributed by atoms with Crippen LogP contribution in [0.3, 0.4) is 0 Å². The second kappa shape index (κ2) is 9.41. The molecule has 7 heteroatoms. The first-order chi connectivity index (χ1) is 12.9. The number of hydrogen-bond acceptors (Lipinski definition) is 4. The summed E-state index contributed by atoms with van der Waals surface area (Å²) in [6.07, 6.45) is 0.777. The Labute approximate surface area is 161 Å². The van der Waals surface area contributed by atoms with Crippen molar-refractivity contribution in [2.45, 2.75) is 32.1 Å². The molecule has 0 radical (unpaired) electrons. The van der Waals surface area contributed by atoms with Gasteiger partial charge in [0, 0.05) is 6.54 Å². The maximum atomic E-state index is 13.2. The third-order valence-electron chi connectivity index (χ3n) is 3.90. The van der Waals surface area contributed by atoms with Crippen LogP contribution in [-0.2, 0) is 14.8 Å². The number of nitrogens with zero attached hydrogens (tertiary/aromatic N) is 1. The number of aryl methyl sites for hydroxylation is 1. The summed E-state index contributed by atoms with van der Waals surface area (Å²) in [6.45, 7) is 6.43. The minimum Gasteiger partial charge on any atom is -0.494 e. The Morgan fingerprint density at radius 2 is 1.67 bits per heavy atom. The van der Waals surface area contributed by atoms with Crippen LogP contribution in [0.25, 0.3) is 0 Å². The van der Waals surface area contributed by atoms with Gasteiger partial charge < -0.3 is 10.1 Å². The van der Waals surface area contributed by atoms with Gasteiger partial charge in [0.05, 0.1) is 17.2 Å². The molecule has 146 valence electrons. The van der Waals surface area contributed by atoms with E-state index in [1.165, 1.54) is 0 Å². The number of carbonyl (C=O) groups is 1. The van der Waals surface area contributed by atoms with E-state index in [2.05, 4.69) is 5.32 Å². The fourth-order valence-electron chi connectivity index (χ4n) is 2.48. The highest BCUT2D eigenvalue weighted by atomic mass is 32.2. The van der Waals surface area contributed by atoms with Crippen LogP contribution in [0.5, 0.6) is 5.75 Å². The van der Waals surface area contributed by atoms with Crippen molar-refractivity contribution < 1.29 is 17.9 Å². The average Bonchev–Trinajstić information content (AvgIpc) is 2.66. The SMILES string of the molecule is CCCNC(=O)CN(c1ccc(OCC)cc1)S(=O)(=O)c1ccc(C)cc1. The number of amides is 1. The predicted octanol–water partition coefficient (Wildman–Crippen LogP) is 3.12. The van der Waals surface area contributed by atoms with E-state index >= 15 is 0 Å². The largest absolute Gasteiger partial charge is 0.494 e. The molecule has 0 aromatic heterocycles. The predicted molar refractivity (Wildman–Crippen MR) is 107 cm³/mol. The van der Waals surface area contributed by atoms with Crippen LogP contribution in [0.15, 0.2) is 53.4 Å². The number of ether oxygens (including phenoxy) is 1. The van der Waals surface area contributed by atoms with Gasteiger partial charge >= 0.3 is 0 Å². The van der Waals surface area contributed by atoms with Crippen LogP contribution in [0.1, 0.15) is 25.8 Å². The first-order valence-corrected chi connectivity index (χ1v) is 10.4. The van der Waals surface area contributed by atoms with Crippen LogP contribution >= 0.6 is 0 Å². The summed E-state index contributed by atoms with van der Waals surface area (Å²) in [5.41, 5.74) is 1.37. The van der Waals surface area contributed by atoms with Crippen molar-refractivity contribution in [2.24, 2.45) is 0 Å². The number of rotatable bonds is 9. The molecule has 0 aliphatic rings. The lowest BCUT2D eigenvalue weighted by molar-refractivity contribution is -0.119. The van der Waals surface area contributed by atoms with Gasteiger partial charge in [-0.2, -0.15) is 0 Å². The van der Waals surface area contributed by atoms with E-state index in [0.717, 1.165) is 16.3 Å². The summed E-state index contributed by atoms with van der Waals surface area (Å²) < 4.78 is 32.9. The highest BCUT2D eigenvalue weighted by Gasteiger charge is 2.27. The molecule has 0 saturated heterocycles. The number of hydrogen-bond donors (Lipinski definition) is 1. The smallest absolute Gasteiger partial charge is 0.264 e. The summed E-state index contributed by atoms with van der Waals surface area (Å²) in [5, 5.41) is 2.73. The Bertz CT molecular complexity index is 847. The molecule has 2 rings (SSSR count). The Balaban J connectivity index is 2.39. The van der Waals surface area contributed by atoms with Crippen LogP contribution in [-0.4, -0.2) is 34.0 Å². The lowest BCUT2D eigenvalue weighted by atomic mass is 10.2. The second-order valence-electron chi connectivity index (χ2n) is 6.10. The molecule has 0 saturated carbocycles. The van der Waals surface area contributed by atoms with Crippen molar-refractivity contribution >= 4 is 21.6 Å². The van der Waals surface area contributed by atoms with Crippen molar-refractivity contribution in [3.05, 3.63) is 54.1 Å². The van der Waals surface area contributed by atoms with E-state index in [-0.39, 0.29) is 17.3 Å². The van der Waals surface area contributed by atoms with E-state index in [0.29, 0.717) is 24.6 Å². The zero-order valence-corrected chi connectivity index (χ0v) is 16.8. The van der Waals surface area contributed by atoms with E-state index in [1.54, 1.807) is 48.5 Å². The van der Waals surface area contributed by atoms with Crippen LogP contribution in [0, 0.1) is 6.92 Å². The minimum atomic E-state index is -3.88. The number of nitrogens with one attached hydrogen (secondary N) is 1. The van der Waals surface area contributed by atoms with E-state index < -0.39 is 10.0 Å². The summed E-state index contributed by atoms with van der Waals surface area (Å²) in [6, 6.07) is 13.3. The monoisotopic (exact) mass is 390 g/mol. The molecule has 0 atom stereocenters. The topological polar surface area (TPSA) is 75.7 Å². The molecule has 2 aromatic rings. The summed E-state index contributed by atoms with van der Waals surface area (Å²) in [5.74, 6) is 0.297. The van der Waals surface area contributed by atoms with Crippen molar-refractivity contribution in [1.82, 2.24) is 5.32 Å². The van der Waals surface area contributed by atoms with Gasteiger partial charge in [0.1, 0.15) is 12.3 Å². The third-order valence-corrected chi connectivity index (χ3v) is 5.69. The number of carbonyl (C=O) groups excluding carboxylic acids is 1. The maximum absolute atomic E-state index is 13.2. The maximum Gasteiger partial charge on any atom is 0.264 e. The van der Waals surface area contributed by atoms with Gasteiger partial charge in [0.25, 0.3) is 10.0 Å². The third kappa shape index (κ3) is 5.47. The fourth-order valence-corrected chi connectivity index (χ4v) is 3.90. The van der Waals surface area contributed by atoms with Gasteiger partial charge in [0.2, 0.25) is 5.91 Å². The Morgan fingerprint density at radius 1 is 1.04 bits per heavy atom. The average molecular weight is 391 g/mol. The molecular formula is C20H26N2O4S.